The van der Waals surface area contributed by atoms with E-state index in [9.17, 15) is 0 Å². The summed E-state index contributed by atoms with van der Waals surface area (Å²) in [5.41, 5.74) is 15.9. The van der Waals surface area contributed by atoms with Crippen LogP contribution >= 0.6 is 0 Å². The molecule has 2 heteroatoms. The molecule has 0 spiro atoms. The van der Waals surface area contributed by atoms with Crippen LogP contribution in [0.1, 0.15) is 17.5 Å². The van der Waals surface area contributed by atoms with E-state index in [0.717, 1.165) is 18.5 Å². The van der Waals surface area contributed by atoms with E-state index in [4.69, 9.17) is 11.5 Å². The highest BCUT2D eigenvalue weighted by Crippen LogP contribution is 2.31. The van der Waals surface area contributed by atoms with Crippen molar-refractivity contribution in [2.75, 3.05) is 0 Å². The summed E-state index contributed by atoms with van der Waals surface area (Å²) < 4.78 is 0. The molecule has 1 unspecified atom stereocenters. The molecular weight excluding hydrogens is 280 g/mol. The number of allylic oxidation sites excluding steroid dienone is 2. The first-order valence-electron chi connectivity index (χ1n) is 8.16. The molecule has 0 amide bonds. The van der Waals surface area contributed by atoms with Gasteiger partial charge in [0.15, 0.2) is 0 Å². The quantitative estimate of drug-likeness (QED) is 0.887. The minimum Gasteiger partial charge on any atom is -0.402 e. The minimum atomic E-state index is -0.398. The highest BCUT2D eigenvalue weighted by molar-refractivity contribution is 5.29. The molecule has 0 heterocycles. The van der Waals surface area contributed by atoms with Crippen molar-refractivity contribution < 1.29 is 0 Å². The van der Waals surface area contributed by atoms with Gasteiger partial charge in [-0.05, 0) is 36.0 Å². The van der Waals surface area contributed by atoms with Gasteiger partial charge in [0, 0.05) is 17.7 Å². The van der Waals surface area contributed by atoms with Crippen molar-refractivity contribution in [2.45, 2.75) is 24.8 Å². The van der Waals surface area contributed by atoms with Gasteiger partial charge in [0.1, 0.15) is 0 Å². The van der Waals surface area contributed by atoms with Crippen molar-refractivity contribution in [3.8, 4) is 0 Å². The van der Waals surface area contributed by atoms with Gasteiger partial charge in [0.25, 0.3) is 0 Å². The molecule has 0 fully saturated rings. The molecule has 0 bridgehead atoms. The highest BCUT2D eigenvalue weighted by atomic mass is 14.8. The molecule has 118 valence electrons. The third kappa shape index (κ3) is 3.91. The van der Waals surface area contributed by atoms with E-state index in [1.54, 1.807) is 0 Å². The second-order valence-electron chi connectivity index (χ2n) is 6.47. The van der Waals surface area contributed by atoms with E-state index in [2.05, 4.69) is 66.7 Å². The Bertz CT molecular complexity index is 647. The van der Waals surface area contributed by atoms with Crippen LogP contribution in [0.25, 0.3) is 0 Å². The average Bonchev–Trinajstić information content (AvgIpc) is 2.56. The third-order valence-corrected chi connectivity index (χ3v) is 4.64. The summed E-state index contributed by atoms with van der Waals surface area (Å²) in [7, 11) is 0. The molecule has 2 aromatic carbocycles. The minimum absolute atomic E-state index is 0.302. The molecule has 1 atom stereocenters. The maximum Gasteiger partial charge on any atom is 0.0432 e. The first-order valence-corrected chi connectivity index (χ1v) is 8.16. The molecule has 0 saturated carbocycles. The maximum atomic E-state index is 6.78. The Morgan fingerprint density at radius 1 is 0.870 bits per heavy atom. The molecule has 1 aliphatic rings. The standard InChI is InChI=1S/C21H24N2/c22-20-12-7-13-21(23,16-20)19(14-17-8-3-1-4-9-17)15-18-10-5-2-6-11-18/h1-13,19H,14-16,22-23H2. The zero-order chi connectivity index (χ0) is 16.1. The van der Waals surface area contributed by atoms with Gasteiger partial charge in [-0.25, -0.2) is 0 Å². The van der Waals surface area contributed by atoms with Crippen molar-refractivity contribution in [2.24, 2.45) is 17.4 Å². The Morgan fingerprint density at radius 2 is 1.39 bits per heavy atom. The molecule has 0 aromatic heterocycles. The number of hydrogen-bond donors (Lipinski definition) is 2. The highest BCUT2D eigenvalue weighted by Gasteiger charge is 2.34. The van der Waals surface area contributed by atoms with Gasteiger partial charge in [-0.1, -0.05) is 72.8 Å². The molecular formula is C21H24N2. The van der Waals surface area contributed by atoms with E-state index >= 15 is 0 Å². The van der Waals surface area contributed by atoms with Gasteiger partial charge in [-0.2, -0.15) is 0 Å². The van der Waals surface area contributed by atoms with Crippen LogP contribution in [0.15, 0.2) is 84.6 Å². The van der Waals surface area contributed by atoms with Crippen molar-refractivity contribution in [1.29, 1.82) is 0 Å². The summed E-state index contributed by atoms with van der Waals surface area (Å²) in [6.07, 6.45) is 8.69. The Labute approximate surface area is 138 Å². The Balaban J connectivity index is 1.87. The first kappa shape index (κ1) is 15.6. The van der Waals surface area contributed by atoms with Gasteiger partial charge in [0.2, 0.25) is 0 Å². The van der Waals surface area contributed by atoms with Crippen LogP contribution in [0, 0.1) is 5.92 Å². The SMILES string of the molecule is NC1=CC=CC(N)(C(Cc2ccccc2)Cc2ccccc2)C1. The normalized spacial score (nSPS) is 20.5. The smallest absolute Gasteiger partial charge is 0.0432 e. The van der Waals surface area contributed by atoms with Crippen molar-refractivity contribution in [3.63, 3.8) is 0 Å². The molecule has 0 aliphatic heterocycles. The fourth-order valence-corrected chi connectivity index (χ4v) is 3.35. The zero-order valence-electron chi connectivity index (χ0n) is 13.4. The lowest BCUT2D eigenvalue weighted by Crippen LogP contribution is -2.49. The fourth-order valence-electron chi connectivity index (χ4n) is 3.35. The molecule has 3 rings (SSSR count). The number of rotatable bonds is 5. The fraction of sp³-hybridized carbons (Fsp3) is 0.238. The second kappa shape index (κ2) is 6.84. The Kier molecular flexibility index (Phi) is 4.63. The molecule has 23 heavy (non-hydrogen) atoms. The lowest BCUT2D eigenvalue weighted by atomic mass is 9.73. The van der Waals surface area contributed by atoms with E-state index in [1.165, 1.54) is 11.1 Å². The van der Waals surface area contributed by atoms with Crippen LogP contribution in [-0.2, 0) is 12.8 Å². The number of hydrogen-bond acceptors (Lipinski definition) is 2. The third-order valence-electron chi connectivity index (χ3n) is 4.64. The van der Waals surface area contributed by atoms with E-state index in [1.807, 2.05) is 12.2 Å². The predicted molar refractivity (Wildman–Crippen MR) is 96.7 cm³/mol. The van der Waals surface area contributed by atoms with Gasteiger partial charge >= 0.3 is 0 Å². The lowest BCUT2D eigenvalue weighted by molar-refractivity contribution is 0.321. The number of benzene rings is 2. The second-order valence-corrected chi connectivity index (χ2v) is 6.47. The van der Waals surface area contributed by atoms with Crippen LogP contribution in [0.5, 0.6) is 0 Å². The van der Waals surface area contributed by atoms with E-state index in [-0.39, 0.29) is 0 Å². The first-order chi connectivity index (χ1) is 11.2. The van der Waals surface area contributed by atoms with Crippen LogP contribution in [0.3, 0.4) is 0 Å². The van der Waals surface area contributed by atoms with E-state index in [0.29, 0.717) is 12.3 Å². The number of nitrogens with two attached hydrogens (primary N) is 2. The van der Waals surface area contributed by atoms with Gasteiger partial charge < -0.3 is 11.5 Å². The van der Waals surface area contributed by atoms with Crippen molar-refractivity contribution in [3.05, 3.63) is 95.7 Å². The predicted octanol–water partition coefficient (Wildman–Crippen LogP) is 3.59. The molecule has 0 radical (unpaired) electrons. The molecule has 2 nitrogen and oxygen atoms in total. The summed E-state index contributed by atoms with van der Waals surface area (Å²) in [5.74, 6) is 0.302. The van der Waals surface area contributed by atoms with Gasteiger partial charge in [-0.3, -0.25) is 0 Å². The van der Waals surface area contributed by atoms with Crippen molar-refractivity contribution in [1.82, 2.24) is 0 Å². The van der Waals surface area contributed by atoms with Crippen molar-refractivity contribution >= 4 is 0 Å². The summed E-state index contributed by atoms with van der Waals surface area (Å²) in [6.45, 7) is 0. The largest absolute Gasteiger partial charge is 0.402 e. The van der Waals surface area contributed by atoms with Crippen LogP contribution in [0.2, 0.25) is 0 Å². The molecule has 1 aliphatic carbocycles. The summed E-state index contributed by atoms with van der Waals surface area (Å²) in [6, 6.07) is 21.1. The monoisotopic (exact) mass is 304 g/mol. The van der Waals surface area contributed by atoms with Gasteiger partial charge in [0.05, 0.1) is 0 Å². The summed E-state index contributed by atoms with van der Waals surface area (Å²) in [4.78, 5) is 0. The van der Waals surface area contributed by atoms with Crippen LogP contribution in [-0.4, -0.2) is 5.54 Å². The van der Waals surface area contributed by atoms with Gasteiger partial charge in [-0.15, -0.1) is 0 Å². The molecule has 2 aromatic rings. The lowest BCUT2D eigenvalue weighted by Gasteiger charge is -2.37. The van der Waals surface area contributed by atoms with Crippen LogP contribution in [0.4, 0.5) is 0 Å². The molecule has 4 N–H and O–H groups in total. The molecule has 0 saturated heterocycles. The Hall–Kier alpha value is -2.32. The Morgan fingerprint density at radius 3 is 1.87 bits per heavy atom. The maximum absolute atomic E-state index is 6.78. The van der Waals surface area contributed by atoms with E-state index < -0.39 is 5.54 Å². The zero-order valence-corrected chi connectivity index (χ0v) is 13.4. The summed E-state index contributed by atoms with van der Waals surface area (Å²) >= 11 is 0. The topological polar surface area (TPSA) is 52.0 Å². The average molecular weight is 304 g/mol. The van der Waals surface area contributed by atoms with Crippen LogP contribution < -0.4 is 11.5 Å². The summed E-state index contributed by atoms with van der Waals surface area (Å²) in [5, 5.41) is 0.